The summed E-state index contributed by atoms with van der Waals surface area (Å²) in [6.45, 7) is 0.164. The molecule has 0 spiro atoms. The van der Waals surface area contributed by atoms with E-state index in [2.05, 4.69) is 16.7 Å². The van der Waals surface area contributed by atoms with Crippen molar-refractivity contribution in [1.29, 1.82) is 0 Å². The van der Waals surface area contributed by atoms with Crippen LogP contribution in [-0.4, -0.2) is 90.5 Å². The molecule has 4 N–H and O–H groups in total. The Balaban J connectivity index is 7.01. The smallest absolute Gasteiger partial charge is 0.368 e. The first-order valence-corrected chi connectivity index (χ1v) is 15.3. The molecule has 0 amide bonds. The SMILES string of the molecule is CCCCOC(COS(=O)(=O)O)/C(OS(=O)(=O)O)=C(\OS(=O)(=O)O)C(COS(=O)(=O)O)OCCCC. The predicted molar refractivity (Wildman–Crippen MR) is 117 cm³/mol. The minimum atomic E-state index is -5.58. The lowest BCUT2D eigenvalue weighted by atomic mass is 10.2. The van der Waals surface area contributed by atoms with Gasteiger partial charge in [0.2, 0.25) is 0 Å². The van der Waals surface area contributed by atoms with E-state index in [1.807, 2.05) is 0 Å². The molecule has 0 aliphatic carbocycles. The Morgan fingerprint density at radius 3 is 1.11 bits per heavy atom. The van der Waals surface area contributed by atoms with E-state index in [1.54, 1.807) is 13.8 Å². The largest absolute Gasteiger partial charge is 0.446 e. The molecule has 2 atom stereocenters. The minimum absolute atomic E-state index is 0.248. The fourth-order valence-electron chi connectivity index (χ4n) is 2.17. The van der Waals surface area contributed by atoms with Gasteiger partial charge in [-0.1, -0.05) is 26.7 Å². The van der Waals surface area contributed by atoms with Gasteiger partial charge in [-0.3, -0.25) is 18.2 Å². The van der Waals surface area contributed by atoms with Gasteiger partial charge < -0.3 is 17.8 Å². The number of hydrogen-bond donors (Lipinski definition) is 4. The first kappa shape index (κ1) is 34.8. The summed E-state index contributed by atoms with van der Waals surface area (Å²) in [7, 11) is -21.6. The highest BCUT2D eigenvalue weighted by atomic mass is 32.3. The number of hydrogen-bond acceptors (Lipinski definition) is 14. The van der Waals surface area contributed by atoms with Gasteiger partial charge in [0.05, 0.1) is 0 Å². The van der Waals surface area contributed by atoms with Crippen molar-refractivity contribution in [2.75, 3.05) is 26.4 Å². The van der Waals surface area contributed by atoms with Gasteiger partial charge in [-0.15, -0.1) is 0 Å². The van der Waals surface area contributed by atoms with Crippen molar-refractivity contribution in [2.45, 2.75) is 51.7 Å². The van der Waals surface area contributed by atoms with Gasteiger partial charge in [0, 0.05) is 13.2 Å². The van der Waals surface area contributed by atoms with E-state index in [-0.39, 0.29) is 26.1 Å². The Morgan fingerprint density at radius 1 is 0.583 bits per heavy atom. The van der Waals surface area contributed by atoms with Crippen LogP contribution in [0.1, 0.15) is 39.5 Å². The van der Waals surface area contributed by atoms with Crippen LogP contribution in [-0.2, 0) is 67.8 Å². The van der Waals surface area contributed by atoms with Crippen molar-refractivity contribution in [3.63, 3.8) is 0 Å². The zero-order valence-corrected chi connectivity index (χ0v) is 22.2. The maximum Gasteiger partial charge on any atom is 0.446 e. The second-order valence-electron chi connectivity index (χ2n) is 6.60. The van der Waals surface area contributed by atoms with Crippen molar-refractivity contribution < 1.29 is 78.1 Å². The maximum atomic E-state index is 11.5. The second-order valence-corrected chi connectivity index (χ2v) is 10.8. The predicted octanol–water partition coefficient (Wildman–Crippen LogP) is -0.154. The zero-order chi connectivity index (χ0) is 28.2. The minimum Gasteiger partial charge on any atom is -0.368 e. The normalized spacial score (nSPS) is 15.7. The maximum absolute atomic E-state index is 11.5. The molecule has 0 rings (SSSR count). The highest BCUT2D eigenvalue weighted by Gasteiger charge is 2.36. The van der Waals surface area contributed by atoms with E-state index < -0.39 is 78.5 Å². The van der Waals surface area contributed by atoms with Crippen molar-refractivity contribution >= 4 is 41.6 Å². The monoisotopic (exact) mass is 612 g/mol. The summed E-state index contributed by atoms with van der Waals surface area (Å²) in [5.74, 6) is -2.81. The van der Waals surface area contributed by atoms with Crippen LogP contribution in [0.25, 0.3) is 0 Å². The molecule has 216 valence electrons. The Kier molecular flexibility index (Phi) is 14.8. The Bertz CT molecular complexity index is 1030. The van der Waals surface area contributed by atoms with Crippen molar-refractivity contribution in [3.8, 4) is 0 Å². The fourth-order valence-corrected chi connectivity index (χ4v) is 3.59. The quantitative estimate of drug-likeness (QED) is 0.0789. The third kappa shape index (κ3) is 18.1. The topological polar surface area (TPSA) is 273 Å². The first-order valence-electron chi connectivity index (χ1n) is 9.82. The Morgan fingerprint density at radius 2 is 0.889 bits per heavy atom. The van der Waals surface area contributed by atoms with E-state index in [9.17, 15) is 42.8 Å². The molecule has 2 unspecified atom stereocenters. The summed E-state index contributed by atoms with van der Waals surface area (Å²) >= 11 is 0. The molecule has 0 bridgehead atoms. The first-order chi connectivity index (χ1) is 16.3. The summed E-state index contributed by atoms with van der Waals surface area (Å²) in [6.07, 6.45) is -2.77. The third-order valence-electron chi connectivity index (χ3n) is 3.59. The number of unbranched alkanes of at least 4 members (excludes halogenated alkanes) is 2. The van der Waals surface area contributed by atoms with E-state index in [4.69, 9.17) is 18.6 Å². The fraction of sp³-hybridized carbons (Fsp3) is 0.857. The molecule has 0 aromatic rings. The van der Waals surface area contributed by atoms with Crippen LogP contribution in [0.4, 0.5) is 0 Å². The van der Waals surface area contributed by atoms with E-state index in [1.165, 1.54) is 0 Å². The molecule has 0 heterocycles. The van der Waals surface area contributed by atoms with Gasteiger partial charge in [0.15, 0.2) is 11.5 Å². The molecule has 36 heavy (non-hydrogen) atoms. The molecule has 18 nitrogen and oxygen atoms in total. The molecule has 0 saturated heterocycles. The van der Waals surface area contributed by atoms with Crippen LogP contribution >= 0.6 is 0 Å². The average molecular weight is 613 g/mol. The van der Waals surface area contributed by atoms with Crippen LogP contribution in [0, 0.1) is 0 Å². The van der Waals surface area contributed by atoms with E-state index in [0.717, 1.165) is 0 Å². The van der Waals surface area contributed by atoms with Crippen LogP contribution in [0.15, 0.2) is 11.5 Å². The highest BCUT2D eigenvalue weighted by molar-refractivity contribution is 7.81. The lowest BCUT2D eigenvalue weighted by Gasteiger charge is -2.25. The van der Waals surface area contributed by atoms with Gasteiger partial charge in [0.25, 0.3) is 0 Å². The van der Waals surface area contributed by atoms with Gasteiger partial charge in [-0.25, -0.2) is 8.37 Å². The van der Waals surface area contributed by atoms with E-state index >= 15 is 0 Å². The molecule has 0 aromatic heterocycles. The van der Waals surface area contributed by atoms with Gasteiger partial charge >= 0.3 is 41.6 Å². The average Bonchev–Trinajstić information content (AvgIpc) is 2.67. The van der Waals surface area contributed by atoms with Crippen molar-refractivity contribution in [1.82, 2.24) is 0 Å². The standard InChI is InChI=1S/C14H28O18S4/c1-3-5-7-27-11(9-29-33(15,16)17)13(31-35(21,22)23)14(32-36(24,25)26)12(28-8-6-4-2)10-30-34(18,19)20/h11-12H,3-10H2,1-2H3,(H,15,16,17)(H,18,19,20)(H,21,22,23)(H,24,25,26)/b14-13+. The van der Waals surface area contributed by atoms with Crippen molar-refractivity contribution in [2.24, 2.45) is 0 Å². The molecule has 0 aliphatic rings. The molecule has 22 heteroatoms. The summed E-state index contributed by atoms with van der Waals surface area (Å²) in [5.41, 5.74) is 0. The lowest BCUT2D eigenvalue weighted by Crippen LogP contribution is -2.34. The lowest BCUT2D eigenvalue weighted by molar-refractivity contribution is -0.00660. The molecular formula is C14H28O18S4. The van der Waals surface area contributed by atoms with Crippen molar-refractivity contribution in [3.05, 3.63) is 11.5 Å². The number of ether oxygens (including phenoxy) is 2. The third-order valence-corrected chi connectivity index (χ3v) is 5.24. The number of rotatable bonds is 20. The van der Waals surface area contributed by atoms with Crippen LogP contribution in [0.3, 0.4) is 0 Å². The summed E-state index contributed by atoms with van der Waals surface area (Å²) < 4.78 is 154. The van der Waals surface area contributed by atoms with Gasteiger partial charge in [-0.2, -0.15) is 33.7 Å². The zero-order valence-electron chi connectivity index (χ0n) is 18.9. The molecular weight excluding hydrogens is 584 g/mol. The summed E-state index contributed by atoms with van der Waals surface area (Å²) in [4.78, 5) is 0. The summed E-state index contributed by atoms with van der Waals surface area (Å²) in [5, 5.41) is 0. The molecule has 0 radical (unpaired) electrons. The second kappa shape index (κ2) is 15.3. The highest BCUT2D eigenvalue weighted by Crippen LogP contribution is 2.25. The Labute approximate surface area is 209 Å². The van der Waals surface area contributed by atoms with Gasteiger partial charge in [-0.05, 0) is 12.8 Å². The molecule has 0 fully saturated rings. The van der Waals surface area contributed by atoms with Crippen LogP contribution < -0.4 is 0 Å². The van der Waals surface area contributed by atoms with Gasteiger partial charge in [0.1, 0.15) is 25.4 Å². The van der Waals surface area contributed by atoms with Crippen LogP contribution in [0.2, 0.25) is 0 Å². The summed E-state index contributed by atoms with van der Waals surface area (Å²) in [6, 6.07) is 0. The molecule has 0 aliphatic heterocycles. The Hall–Kier alpha value is -1.18. The van der Waals surface area contributed by atoms with Crippen LogP contribution in [0.5, 0.6) is 0 Å². The molecule has 0 aromatic carbocycles. The van der Waals surface area contributed by atoms with E-state index in [0.29, 0.717) is 12.8 Å². The molecule has 0 saturated carbocycles.